The average molecular weight is 376 g/mol. The summed E-state index contributed by atoms with van der Waals surface area (Å²) < 4.78 is 19.5. The monoisotopic (exact) mass is 375 g/mol. The fraction of sp³-hybridized carbons (Fsp3) is 0.0588. The van der Waals surface area contributed by atoms with Gasteiger partial charge in [0.2, 0.25) is 0 Å². The van der Waals surface area contributed by atoms with Gasteiger partial charge >= 0.3 is 5.63 Å². The average Bonchev–Trinajstić information content (AvgIpc) is 2.49. The maximum Gasteiger partial charge on any atom is 0.336 e. The van der Waals surface area contributed by atoms with E-state index in [9.17, 15) is 14.0 Å². The minimum atomic E-state index is -0.617. The van der Waals surface area contributed by atoms with Crippen molar-refractivity contribution in [2.45, 2.75) is 6.92 Å². The lowest BCUT2D eigenvalue weighted by Gasteiger charge is -2.08. The van der Waals surface area contributed by atoms with Crippen LogP contribution in [0.5, 0.6) is 0 Å². The first kappa shape index (κ1) is 15.4. The molecule has 1 amide bonds. The van der Waals surface area contributed by atoms with Gasteiger partial charge in [-0.3, -0.25) is 4.79 Å². The molecule has 3 rings (SSSR count). The molecule has 116 valence electrons. The molecule has 0 bridgehead atoms. The van der Waals surface area contributed by atoms with Crippen molar-refractivity contribution < 1.29 is 13.6 Å². The first-order valence-electron chi connectivity index (χ1n) is 6.75. The number of rotatable bonds is 2. The third kappa shape index (κ3) is 3.17. The SMILES string of the molecule is Cc1cc(=O)oc2cc(NC(=O)c3cc(Br)ccc3F)ccc12. The van der Waals surface area contributed by atoms with E-state index in [2.05, 4.69) is 21.2 Å². The molecule has 0 saturated heterocycles. The lowest BCUT2D eigenvalue weighted by atomic mass is 10.1. The van der Waals surface area contributed by atoms with E-state index in [0.717, 1.165) is 10.9 Å². The lowest BCUT2D eigenvalue weighted by molar-refractivity contribution is 0.102. The fourth-order valence-corrected chi connectivity index (χ4v) is 2.63. The summed E-state index contributed by atoms with van der Waals surface area (Å²) in [6.45, 7) is 1.80. The molecule has 6 heteroatoms. The highest BCUT2D eigenvalue weighted by Gasteiger charge is 2.13. The van der Waals surface area contributed by atoms with Gasteiger partial charge in [-0.1, -0.05) is 15.9 Å². The van der Waals surface area contributed by atoms with Crippen LogP contribution in [0.25, 0.3) is 11.0 Å². The molecule has 2 aromatic carbocycles. The summed E-state index contributed by atoms with van der Waals surface area (Å²) in [4.78, 5) is 23.6. The number of carbonyl (C=O) groups excluding carboxylic acids is 1. The second-order valence-electron chi connectivity index (χ2n) is 5.04. The van der Waals surface area contributed by atoms with Gasteiger partial charge in [-0.15, -0.1) is 0 Å². The Morgan fingerprint density at radius 2 is 1.96 bits per heavy atom. The van der Waals surface area contributed by atoms with E-state index in [4.69, 9.17) is 4.42 Å². The molecular formula is C17H11BrFNO3. The van der Waals surface area contributed by atoms with Crippen molar-refractivity contribution in [1.82, 2.24) is 0 Å². The smallest absolute Gasteiger partial charge is 0.336 e. The first-order valence-corrected chi connectivity index (χ1v) is 7.54. The van der Waals surface area contributed by atoms with Crippen LogP contribution in [-0.4, -0.2) is 5.91 Å². The Labute approximate surface area is 139 Å². The molecular weight excluding hydrogens is 365 g/mol. The highest BCUT2D eigenvalue weighted by molar-refractivity contribution is 9.10. The van der Waals surface area contributed by atoms with Crippen LogP contribution in [0.15, 0.2) is 56.1 Å². The molecule has 4 nitrogen and oxygen atoms in total. The molecule has 0 radical (unpaired) electrons. The molecule has 23 heavy (non-hydrogen) atoms. The second-order valence-corrected chi connectivity index (χ2v) is 5.95. The molecule has 0 aliphatic heterocycles. The van der Waals surface area contributed by atoms with Crippen molar-refractivity contribution in [3.8, 4) is 0 Å². The fourth-order valence-electron chi connectivity index (χ4n) is 2.27. The predicted octanol–water partition coefficient (Wildman–Crippen LogP) is 4.26. The van der Waals surface area contributed by atoms with Crippen LogP contribution in [-0.2, 0) is 0 Å². The van der Waals surface area contributed by atoms with Crippen LogP contribution < -0.4 is 10.9 Å². The molecule has 0 unspecified atom stereocenters. The lowest BCUT2D eigenvalue weighted by Crippen LogP contribution is -2.13. The van der Waals surface area contributed by atoms with E-state index in [1.807, 2.05) is 0 Å². The highest BCUT2D eigenvalue weighted by Crippen LogP contribution is 2.22. The Kier molecular flexibility index (Phi) is 4.00. The normalized spacial score (nSPS) is 10.7. The van der Waals surface area contributed by atoms with E-state index in [-0.39, 0.29) is 5.56 Å². The molecule has 1 heterocycles. The number of hydrogen-bond donors (Lipinski definition) is 1. The van der Waals surface area contributed by atoms with E-state index in [1.165, 1.54) is 30.3 Å². The summed E-state index contributed by atoms with van der Waals surface area (Å²) in [5, 5.41) is 3.37. The van der Waals surface area contributed by atoms with Gasteiger partial charge in [0.25, 0.3) is 5.91 Å². The third-order valence-electron chi connectivity index (χ3n) is 3.38. The van der Waals surface area contributed by atoms with Gasteiger partial charge < -0.3 is 9.73 Å². The Morgan fingerprint density at radius 3 is 2.74 bits per heavy atom. The van der Waals surface area contributed by atoms with Crippen molar-refractivity contribution in [3.63, 3.8) is 0 Å². The van der Waals surface area contributed by atoms with Crippen molar-refractivity contribution in [2.75, 3.05) is 5.32 Å². The largest absolute Gasteiger partial charge is 0.423 e. The molecule has 1 aromatic heterocycles. The van der Waals surface area contributed by atoms with Crippen molar-refractivity contribution in [1.29, 1.82) is 0 Å². The summed E-state index contributed by atoms with van der Waals surface area (Å²) in [6, 6.07) is 10.5. The van der Waals surface area contributed by atoms with Crippen molar-refractivity contribution in [3.05, 3.63) is 74.3 Å². The number of fused-ring (bicyclic) bond motifs is 1. The molecule has 0 spiro atoms. The van der Waals surface area contributed by atoms with Crippen LogP contribution in [0, 0.1) is 12.7 Å². The topological polar surface area (TPSA) is 59.3 Å². The molecule has 1 N–H and O–H groups in total. The second kappa shape index (κ2) is 5.96. The van der Waals surface area contributed by atoms with Crippen molar-refractivity contribution >= 4 is 38.5 Å². The van der Waals surface area contributed by atoms with Gasteiger partial charge in [0.1, 0.15) is 11.4 Å². The van der Waals surface area contributed by atoms with Crippen LogP contribution >= 0.6 is 15.9 Å². The maximum atomic E-state index is 13.7. The maximum absolute atomic E-state index is 13.7. The zero-order valence-electron chi connectivity index (χ0n) is 12.0. The Bertz CT molecular complexity index is 981. The van der Waals surface area contributed by atoms with Gasteiger partial charge in [-0.2, -0.15) is 0 Å². The van der Waals surface area contributed by atoms with E-state index >= 15 is 0 Å². The number of halogens is 2. The summed E-state index contributed by atoms with van der Waals surface area (Å²) in [7, 11) is 0. The van der Waals surface area contributed by atoms with Crippen LogP contribution in [0.4, 0.5) is 10.1 Å². The van der Waals surface area contributed by atoms with Crippen molar-refractivity contribution in [2.24, 2.45) is 0 Å². The predicted molar refractivity (Wildman–Crippen MR) is 89.3 cm³/mol. The molecule has 0 saturated carbocycles. The Hall–Kier alpha value is -2.47. The van der Waals surface area contributed by atoms with E-state index < -0.39 is 17.3 Å². The number of anilines is 1. The molecule has 3 aromatic rings. The summed E-state index contributed by atoms with van der Waals surface area (Å²) in [5.74, 6) is -1.20. The molecule has 0 aliphatic rings. The summed E-state index contributed by atoms with van der Waals surface area (Å²) >= 11 is 3.20. The van der Waals surface area contributed by atoms with Gasteiger partial charge in [0, 0.05) is 27.7 Å². The summed E-state index contributed by atoms with van der Waals surface area (Å²) in [5.41, 5.74) is 1.02. The molecule has 0 aliphatic carbocycles. The van der Waals surface area contributed by atoms with Gasteiger partial charge in [-0.25, -0.2) is 9.18 Å². The van der Waals surface area contributed by atoms with Crippen LogP contribution in [0.3, 0.4) is 0 Å². The van der Waals surface area contributed by atoms with Gasteiger partial charge in [-0.05, 0) is 42.8 Å². The molecule has 0 atom stereocenters. The standard InChI is InChI=1S/C17H11BrFNO3/c1-9-6-16(21)23-15-8-11(3-4-12(9)15)20-17(22)13-7-10(18)2-5-14(13)19/h2-8H,1H3,(H,20,22). The van der Waals surface area contributed by atoms with Crippen LogP contribution in [0.2, 0.25) is 0 Å². The number of amides is 1. The number of hydrogen-bond acceptors (Lipinski definition) is 3. The first-order chi connectivity index (χ1) is 10.9. The molecule has 0 fully saturated rings. The zero-order valence-corrected chi connectivity index (χ0v) is 13.6. The Morgan fingerprint density at radius 1 is 1.17 bits per heavy atom. The minimum absolute atomic E-state index is 0.0785. The number of carbonyl (C=O) groups is 1. The number of benzene rings is 2. The third-order valence-corrected chi connectivity index (χ3v) is 3.88. The van der Waals surface area contributed by atoms with E-state index in [0.29, 0.717) is 15.7 Å². The van der Waals surface area contributed by atoms with E-state index in [1.54, 1.807) is 19.1 Å². The highest BCUT2D eigenvalue weighted by atomic mass is 79.9. The zero-order chi connectivity index (χ0) is 16.6. The van der Waals surface area contributed by atoms with Crippen LogP contribution in [0.1, 0.15) is 15.9 Å². The minimum Gasteiger partial charge on any atom is -0.423 e. The van der Waals surface area contributed by atoms with Gasteiger partial charge in [0.15, 0.2) is 0 Å². The number of nitrogens with one attached hydrogen (secondary N) is 1. The summed E-state index contributed by atoms with van der Waals surface area (Å²) in [6.07, 6.45) is 0. The number of aryl methyl sites for hydroxylation is 1. The van der Waals surface area contributed by atoms with Gasteiger partial charge in [0.05, 0.1) is 5.56 Å². The Balaban J connectivity index is 1.96. The quantitative estimate of drug-likeness (QED) is 0.680.